The second kappa shape index (κ2) is 5.81. The van der Waals surface area contributed by atoms with Gasteiger partial charge in [0.15, 0.2) is 0 Å². The van der Waals surface area contributed by atoms with Crippen molar-refractivity contribution in [2.24, 2.45) is 5.73 Å². The summed E-state index contributed by atoms with van der Waals surface area (Å²) in [5, 5.41) is 0. The smallest absolute Gasteiger partial charge is 0.324 e. The lowest BCUT2D eigenvalue weighted by molar-refractivity contribution is 0.334. The molecule has 18 heavy (non-hydrogen) atoms. The van der Waals surface area contributed by atoms with Crippen LogP contribution < -0.4 is 20.1 Å². The van der Waals surface area contributed by atoms with Gasteiger partial charge >= 0.3 is 12.0 Å². The molecule has 0 radical (unpaired) electrons. The number of anilines is 1. The molecular weight excluding hydrogens is 234 g/mol. The summed E-state index contributed by atoms with van der Waals surface area (Å²) in [6.07, 6.45) is 3.54. The van der Waals surface area contributed by atoms with Crippen LogP contribution in [0.2, 0.25) is 0 Å². The van der Waals surface area contributed by atoms with Crippen molar-refractivity contribution < 1.29 is 9.47 Å². The van der Waals surface area contributed by atoms with Crippen LogP contribution in [0.15, 0.2) is 0 Å². The first-order valence-corrected chi connectivity index (χ1v) is 6.09. The first kappa shape index (κ1) is 12.8. The first-order chi connectivity index (χ1) is 8.78. The highest BCUT2D eigenvalue weighted by Crippen LogP contribution is 2.28. The lowest BCUT2D eigenvalue weighted by Crippen LogP contribution is -2.44. The fourth-order valence-corrected chi connectivity index (χ4v) is 1.92. The Balaban J connectivity index is 2.26. The molecule has 2 rings (SSSR count). The van der Waals surface area contributed by atoms with Crippen LogP contribution in [0.1, 0.15) is 19.3 Å². The van der Waals surface area contributed by atoms with E-state index in [0.29, 0.717) is 18.5 Å². The molecule has 1 aliphatic rings. The molecule has 0 saturated heterocycles. The summed E-state index contributed by atoms with van der Waals surface area (Å²) in [7, 11) is 3.05. The second-order valence-corrected chi connectivity index (χ2v) is 4.18. The number of nitrogens with zero attached hydrogens (tertiary/aromatic N) is 4. The van der Waals surface area contributed by atoms with Crippen LogP contribution in [0.3, 0.4) is 0 Å². The Labute approximate surface area is 106 Å². The fraction of sp³-hybridized carbons (Fsp3) is 0.727. The van der Waals surface area contributed by atoms with E-state index in [1.54, 1.807) is 0 Å². The van der Waals surface area contributed by atoms with Gasteiger partial charge in [0, 0.05) is 19.1 Å². The molecule has 1 aromatic heterocycles. The second-order valence-electron chi connectivity index (χ2n) is 4.18. The minimum atomic E-state index is 0.262. The van der Waals surface area contributed by atoms with Crippen molar-refractivity contribution in [3.05, 3.63) is 0 Å². The molecule has 7 nitrogen and oxygen atoms in total. The van der Waals surface area contributed by atoms with Gasteiger partial charge < -0.3 is 20.1 Å². The van der Waals surface area contributed by atoms with E-state index in [4.69, 9.17) is 15.2 Å². The van der Waals surface area contributed by atoms with E-state index in [-0.39, 0.29) is 12.0 Å². The lowest BCUT2D eigenvalue weighted by atomic mass is 9.92. The minimum absolute atomic E-state index is 0.262. The largest absolute Gasteiger partial charge is 0.467 e. The van der Waals surface area contributed by atoms with Crippen LogP contribution in [0.25, 0.3) is 0 Å². The number of nitrogens with two attached hydrogens (primary N) is 1. The van der Waals surface area contributed by atoms with Crippen molar-refractivity contribution in [2.75, 3.05) is 32.2 Å². The maximum atomic E-state index is 5.65. The number of aromatic nitrogens is 3. The van der Waals surface area contributed by atoms with Crippen molar-refractivity contribution in [1.82, 2.24) is 15.0 Å². The van der Waals surface area contributed by atoms with Gasteiger partial charge in [0.1, 0.15) is 0 Å². The summed E-state index contributed by atoms with van der Waals surface area (Å²) in [4.78, 5) is 14.6. The molecule has 100 valence electrons. The molecule has 0 aliphatic heterocycles. The molecule has 1 aliphatic carbocycles. The van der Waals surface area contributed by atoms with Crippen molar-refractivity contribution in [3.63, 3.8) is 0 Å². The summed E-state index contributed by atoms with van der Waals surface area (Å²) in [5.74, 6) is 0.578. The van der Waals surface area contributed by atoms with Gasteiger partial charge in [-0.1, -0.05) is 0 Å². The number of hydrogen-bond acceptors (Lipinski definition) is 7. The van der Waals surface area contributed by atoms with E-state index >= 15 is 0 Å². The Morgan fingerprint density at radius 2 is 1.78 bits per heavy atom. The molecule has 1 heterocycles. The number of rotatable bonds is 6. The van der Waals surface area contributed by atoms with Crippen molar-refractivity contribution in [3.8, 4) is 12.0 Å². The summed E-state index contributed by atoms with van der Waals surface area (Å²) in [5.41, 5.74) is 5.65. The molecule has 0 aromatic carbocycles. The zero-order valence-electron chi connectivity index (χ0n) is 10.8. The highest BCUT2D eigenvalue weighted by atomic mass is 16.5. The van der Waals surface area contributed by atoms with E-state index < -0.39 is 0 Å². The summed E-state index contributed by atoms with van der Waals surface area (Å²) in [6.45, 7) is 1.29. The van der Waals surface area contributed by atoms with Gasteiger partial charge in [0.05, 0.1) is 14.2 Å². The Kier molecular flexibility index (Phi) is 4.14. The number of hydrogen-bond donors (Lipinski definition) is 1. The molecule has 2 N–H and O–H groups in total. The Morgan fingerprint density at radius 1 is 1.17 bits per heavy atom. The fourth-order valence-electron chi connectivity index (χ4n) is 1.92. The van der Waals surface area contributed by atoms with Gasteiger partial charge in [-0.15, -0.1) is 4.98 Å². The van der Waals surface area contributed by atoms with Crippen LogP contribution in [0.5, 0.6) is 12.0 Å². The third-order valence-electron chi connectivity index (χ3n) is 3.09. The molecule has 0 unspecified atom stereocenters. The van der Waals surface area contributed by atoms with E-state index in [9.17, 15) is 0 Å². The average molecular weight is 253 g/mol. The normalized spacial score (nSPS) is 15.1. The zero-order valence-corrected chi connectivity index (χ0v) is 10.8. The van der Waals surface area contributed by atoms with E-state index in [0.717, 1.165) is 19.4 Å². The maximum absolute atomic E-state index is 5.65. The van der Waals surface area contributed by atoms with Crippen LogP contribution in [-0.2, 0) is 0 Å². The van der Waals surface area contributed by atoms with E-state index in [2.05, 4.69) is 19.9 Å². The van der Waals surface area contributed by atoms with Crippen molar-refractivity contribution >= 4 is 5.95 Å². The van der Waals surface area contributed by atoms with E-state index in [1.165, 1.54) is 20.6 Å². The lowest BCUT2D eigenvalue weighted by Gasteiger charge is -2.37. The first-order valence-electron chi connectivity index (χ1n) is 6.09. The molecule has 0 amide bonds. The molecule has 1 fully saturated rings. The predicted molar refractivity (Wildman–Crippen MR) is 67.0 cm³/mol. The Hall–Kier alpha value is -1.63. The molecule has 1 saturated carbocycles. The number of methoxy groups -OCH3 is 2. The quantitative estimate of drug-likeness (QED) is 0.775. The third-order valence-corrected chi connectivity index (χ3v) is 3.09. The topological polar surface area (TPSA) is 86.4 Å². The van der Waals surface area contributed by atoms with Crippen molar-refractivity contribution in [2.45, 2.75) is 25.3 Å². The molecule has 7 heteroatoms. The summed E-state index contributed by atoms with van der Waals surface area (Å²) >= 11 is 0. The van der Waals surface area contributed by atoms with Gasteiger partial charge in [0.2, 0.25) is 5.95 Å². The van der Waals surface area contributed by atoms with Gasteiger partial charge in [-0.3, -0.25) is 0 Å². The number of ether oxygens (including phenoxy) is 2. The Morgan fingerprint density at radius 3 is 2.17 bits per heavy atom. The van der Waals surface area contributed by atoms with Gasteiger partial charge in [-0.25, -0.2) is 0 Å². The predicted octanol–water partition coefficient (Wildman–Crippen LogP) is 0.206. The van der Waals surface area contributed by atoms with Crippen LogP contribution >= 0.6 is 0 Å². The van der Waals surface area contributed by atoms with Gasteiger partial charge in [-0.2, -0.15) is 9.97 Å². The van der Waals surface area contributed by atoms with Crippen LogP contribution in [0, 0.1) is 0 Å². The third kappa shape index (κ3) is 2.61. The van der Waals surface area contributed by atoms with Crippen molar-refractivity contribution in [1.29, 1.82) is 0 Å². The van der Waals surface area contributed by atoms with Crippen LogP contribution in [-0.4, -0.2) is 48.3 Å². The van der Waals surface area contributed by atoms with E-state index in [1.807, 2.05) is 0 Å². The monoisotopic (exact) mass is 253 g/mol. The standard InChI is InChI=1S/C11H19N5O2/c1-17-10-13-9(14-11(15-10)18-2)16(7-6-12)8-4-3-5-8/h8H,3-7,12H2,1-2H3. The summed E-state index contributed by atoms with van der Waals surface area (Å²) < 4.78 is 10.1. The zero-order chi connectivity index (χ0) is 13.0. The highest BCUT2D eigenvalue weighted by molar-refractivity contribution is 5.34. The average Bonchev–Trinajstić information content (AvgIpc) is 2.35. The maximum Gasteiger partial charge on any atom is 0.324 e. The van der Waals surface area contributed by atoms with Crippen LogP contribution in [0.4, 0.5) is 5.95 Å². The van der Waals surface area contributed by atoms with Gasteiger partial charge in [-0.05, 0) is 19.3 Å². The Bertz CT molecular complexity index is 375. The minimum Gasteiger partial charge on any atom is -0.467 e. The van der Waals surface area contributed by atoms with Gasteiger partial charge in [0.25, 0.3) is 0 Å². The molecule has 0 spiro atoms. The SMILES string of the molecule is COc1nc(OC)nc(N(CCN)C2CCC2)n1. The molecule has 0 bridgehead atoms. The molecule has 0 atom stereocenters. The molecule has 1 aromatic rings. The summed E-state index contributed by atoms with van der Waals surface area (Å²) in [6, 6.07) is 0.988. The highest BCUT2D eigenvalue weighted by Gasteiger charge is 2.27. The molecular formula is C11H19N5O2.